The predicted octanol–water partition coefficient (Wildman–Crippen LogP) is 0.396. The van der Waals surface area contributed by atoms with Crippen LogP contribution >= 0.6 is 0 Å². The minimum Gasteiger partial charge on any atom is -0.494 e. The van der Waals surface area contributed by atoms with Crippen LogP contribution in [-0.2, 0) is 0 Å². The molecule has 0 aliphatic rings. The van der Waals surface area contributed by atoms with Gasteiger partial charge in [0.25, 0.3) is 5.56 Å². The number of nitrogens with one attached hydrogen (secondary N) is 1. The number of carboxylic acid groups (broad SMARTS) is 1. The number of carboxylic acids is 1. The van der Waals surface area contributed by atoms with Crippen molar-refractivity contribution in [3.63, 3.8) is 0 Å². The Labute approximate surface area is 73.7 Å². The number of carbonyl (C=O) groups is 1. The van der Waals surface area contributed by atoms with E-state index in [-0.39, 0.29) is 16.7 Å². The summed E-state index contributed by atoms with van der Waals surface area (Å²) in [4.78, 5) is 23.9. The molecule has 1 rings (SSSR count). The van der Waals surface area contributed by atoms with Gasteiger partial charge in [0, 0.05) is 11.1 Å². The third kappa shape index (κ3) is 1.40. The van der Waals surface area contributed by atoms with Crippen LogP contribution in [-0.4, -0.2) is 21.2 Å². The molecule has 0 radical (unpaired) electrons. The van der Waals surface area contributed by atoms with E-state index in [1.807, 2.05) is 0 Å². The first-order valence-corrected chi connectivity index (χ1v) is 3.61. The molecule has 0 amide bonds. The summed E-state index contributed by atoms with van der Waals surface area (Å²) >= 11 is 0. The predicted molar refractivity (Wildman–Crippen MR) is 45.2 cm³/mol. The van der Waals surface area contributed by atoms with Gasteiger partial charge in [-0.15, -0.1) is 0 Å². The summed E-state index contributed by atoms with van der Waals surface area (Å²) < 4.78 is 0. The van der Waals surface area contributed by atoms with Gasteiger partial charge in [-0.3, -0.25) is 9.78 Å². The fourth-order valence-electron chi connectivity index (χ4n) is 1.13. The van der Waals surface area contributed by atoms with Crippen molar-refractivity contribution < 1.29 is 15.0 Å². The maximum atomic E-state index is 11.0. The van der Waals surface area contributed by atoms with E-state index in [9.17, 15) is 9.59 Å². The maximum absolute atomic E-state index is 11.0. The van der Waals surface area contributed by atoms with E-state index >= 15 is 0 Å². The van der Waals surface area contributed by atoms with Gasteiger partial charge in [0.05, 0.1) is 5.56 Å². The number of hydrogen-bond donors (Lipinski definition) is 3. The van der Waals surface area contributed by atoms with Crippen molar-refractivity contribution in [2.75, 3.05) is 0 Å². The largest absolute Gasteiger partial charge is 0.494 e. The highest BCUT2D eigenvalue weighted by Crippen LogP contribution is 2.17. The number of aromatic amines is 1. The maximum Gasteiger partial charge on any atom is 0.336 e. The van der Waals surface area contributed by atoms with E-state index in [2.05, 4.69) is 4.98 Å². The second-order valence-electron chi connectivity index (χ2n) is 2.73. The molecule has 0 saturated carbocycles. The summed E-state index contributed by atoms with van der Waals surface area (Å²) in [6.45, 7) is 2.83. The topological polar surface area (TPSA) is 90.4 Å². The van der Waals surface area contributed by atoms with Gasteiger partial charge in [0.15, 0.2) is 5.88 Å². The van der Waals surface area contributed by atoms with Crippen molar-refractivity contribution in [3.8, 4) is 5.88 Å². The average molecular weight is 183 g/mol. The van der Waals surface area contributed by atoms with Crippen LogP contribution in [0.25, 0.3) is 0 Å². The molecular weight excluding hydrogens is 174 g/mol. The molecule has 0 bridgehead atoms. The Kier molecular flexibility index (Phi) is 2.10. The highest BCUT2D eigenvalue weighted by molar-refractivity contribution is 5.91. The van der Waals surface area contributed by atoms with E-state index in [4.69, 9.17) is 10.2 Å². The summed E-state index contributed by atoms with van der Waals surface area (Å²) in [5.41, 5.74) is -0.450. The molecule has 1 heterocycles. The summed E-state index contributed by atoms with van der Waals surface area (Å²) in [5, 5.41) is 17.9. The smallest absolute Gasteiger partial charge is 0.336 e. The average Bonchev–Trinajstić information content (AvgIpc) is 2.01. The van der Waals surface area contributed by atoms with Crippen molar-refractivity contribution >= 4 is 5.97 Å². The molecule has 0 aliphatic carbocycles. The molecule has 0 aliphatic heterocycles. The van der Waals surface area contributed by atoms with Crippen LogP contribution in [0, 0.1) is 13.8 Å². The number of rotatable bonds is 1. The summed E-state index contributed by atoms with van der Waals surface area (Å²) in [7, 11) is 0. The molecule has 0 saturated heterocycles. The highest BCUT2D eigenvalue weighted by Gasteiger charge is 2.16. The van der Waals surface area contributed by atoms with E-state index < -0.39 is 17.4 Å². The number of pyridine rings is 1. The Morgan fingerprint density at radius 2 is 1.85 bits per heavy atom. The van der Waals surface area contributed by atoms with Gasteiger partial charge in [-0.1, -0.05) is 0 Å². The van der Waals surface area contributed by atoms with Crippen molar-refractivity contribution in [3.05, 3.63) is 27.0 Å². The van der Waals surface area contributed by atoms with Crippen molar-refractivity contribution in [1.82, 2.24) is 4.98 Å². The molecular formula is C8H9NO4. The zero-order chi connectivity index (χ0) is 10.2. The lowest BCUT2D eigenvalue weighted by molar-refractivity contribution is 0.0694. The standard InChI is InChI=1S/C8H9NO4/c1-3-5(8(12)13)4(2)7(11)9-6(3)10/h1-2H3,(H,12,13)(H2,9,10,11). The molecule has 13 heavy (non-hydrogen) atoms. The van der Waals surface area contributed by atoms with Gasteiger partial charge in [-0.2, -0.15) is 0 Å². The third-order valence-corrected chi connectivity index (χ3v) is 1.89. The van der Waals surface area contributed by atoms with Gasteiger partial charge < -0.3 is 10.2 Å². The lowest BCUT2D eigenvalue weighted by Crippen LogP contribution is -2.17. The van der Waals surface area contributed by atoms with Crippen LogP contribution in [0.1, 0.15) is 21.5 Å². The first-order valence-electron chi connectivity index (χ1n) is 3.61. The van der Waals surface area contributed by atoms with Crippen molar-refractivity contribution in [2.45, 2.75) is 13.8 Å². The molecule has 0 fully saturated rings. The summed E-state index contributed by atoms with van der Waals surface area (Å²) in [5.74, 6) is -1.61. The molecule has 70 valence electrons. The van der Waals surface area contributed by atoms with E-state index in [0.29, 0.717) is 0 Å². The van der Waals surface area contributed by atoms with Crippen LogP contribution in [0.15, 0.2) is 4.79 Å². The number of aromatic carboxylic acids is 1. The van der Waals surface area contributed by atoms with Gasteiger partial charge >= 0.3 is 5.97 Å². The second kappa shape index (κ2) is 2.93. The van der Waals surface area contributed by atoms with Gasteiger partial charge in [0.1, 0.15) is 0 Å². The van der Waals surface area contributed by atoms with Crippen molar-refractivity contribution in [2.24, 2.45) is 0 Å². The molecule has 0 atom stereocenters. The number of hydrogen-bond acceptors (Lipinski definition) is 3. The number of H-pyrrole nitrogens is 1. The lowest BCUT2D eigenvalue weighted by atomic mass is 10.1. The fourth-order valence-corrected chi connectivity index (χ4v) is 1.13. The van der Waals surface area contributed by atoms with Crippen LogP contribution in [0.4, 0.5) is 0 Å². The molecule has 3 N–H and O–H groups in total. The Morgan fingerprint density at radius 3 is 2.31 bits per heavy atom. The Bertz CT molecular complexity index is 419. The highest BCUT2D eigenvalue weighted by atomic mass is 16.4. The van der Waals surface area contributed by atoms with E-state index in [1.165, 1.54) is 13.8 Å². The van der Waals surface area contributed by atoms with Crippen LogP contribution in [0.2, 0.25) is 0 Å². The second-order valence-corrected chi connectivity index (χ2v) is 2.73. The number of aromatic hydroxyl groups is 1. The SMILES string of the molecule is Cc1c(O)[nH]c(=O)c(C)c1C(=O)O. The zero-order valence-electron chi connectivity index (χ0n) is 7.21. The number of aromatic nitrogens is 1. The van der Waals surface area contributed by atoms with Gasteiger partial charge in [-0.05, 0) is 13.8 Å². The quantitative estimate of drug-likeness (QED) is 0.587. The molecule has 1 aromatic heterocycles. The Hall–Kier alpha value is -1.78. The zero-order valence-corrected chi connectivity index (χ0v) is 7.21. The molecule has 5 heteroatoms. The molecule has 5 nitrogen and oxygen atoms in total. The minimum absolute atomic E-state index is 0.0998. The van der Waals surface area contributed by atoms with Crippen molar-refractivity contribution in [1.29, 1.82) is 0 Å². The third-order valence-electron chi connectivity index (χ3n) is 1.89. The van der Waals surface area contributed by atoms with Gasteiger partial charge in [-0.25, -0.2) is 4.79 Å². The van der Waals surface area contributed by atoms with Gasteiger partial charge in [0.2, 0.25) is 0 Å². The summed E-state index contributed by atoms with van der Waals surface area (Å²) in [6.07, 6.45) is 0. The fraction of sp³-hybridized carbons (Fsp3) is 0.250. The molecule has 0 spiro atoms. The van der Waals surface area contributed by atoms with E-state index in [0.717, 1.165) is 0 Å². The molecule has 0 aromatic carbocycles. The lowest BCUT2D eigenvalue weighted by Gasteiger charge is -2.05. The minimum atomic E-state index is -1.21. The molecule has 0 unspecified atom stereocenters. The first kappa shape index (κ1) is 9.31. The first-order chi connectivity index (χ1) is 5.95. The molecule has 1 aromatic rings. The summed E-state index contributed by atoms with van der Waals surface area (Å²) in [6, 6.07) is 0. The normalized spacial score (nSPS) is 10.0. The Morgan fingerprint density at radius 1 is 1.31 bits per heavy atom. The Balaban J connectivity index is 3.66. The van der Waals surface area contributed by atoms with Crippen LogP contribution < -0.4 is 5.56 Å². The van der Waals surface area contributed by atoms with E-state index in [1.54, 1.807) is 0 Å². The van der Waals surface area contributed by atoms with Crippen LogP contribution in [0.3, 0.4) is 0 Å². The monoisotopic (exact) mass is 183 g/mol. The van der Waals surface area contributed by atoms with Crippen LogP contribution in [0.5, 0.6) is 5.88 Å².